The molecule has 0 spiro atoms. The highest BCUT2D eigenvalue weighted by molar-refractivity contribution is 5.83. The van der Waals surface area contributed by atoms with Crippen LogP contribution in [-0.4, -0.2) is 115 Å². The molecule has 74 heavy (non-hydrogen) atoms. The molecule has 4 aliphatic rings. The van der Waals surface area contributed by atoms with Crippen LogP contribution in [0.2, 0.25) is 0 Å². The van der Waals surface area contributed by atoms with Gasteiger partial charge in [0.2, 0.25) is 0 Å². The summed E-state index contributed by atoms with van der Waals surface area (Å²) in [6.07, 6.45) is 12.4. The van der Waals surface area contributed by atoms with Crippen LogP contribution in [0.15, 0.2) is 73.0 Å². The fraction of sp³-hybridized carbons (Fsp3) is 0.583. The lowest BCUT2D eigenvalue weighted by Crippen LogP contribution is -2.33. The lowest BCUT2D eigenvalue weighted by Gasteiger charge is -2.30. The molecule has 0 amide bonds. The van der Waals surface area contributed by atoms with Gasteiger partial charge in [-0.1, -0.05) is 43.0 Å². The second kappa shape index (κ2) is 28.3. The third kappa shape index (κ3) is 16.0. The van der Waals surface area contributed by atoms with Crippen LogP contribution in [-0.2, 0) is 56.0 Å². The van der Waals surface area contributed by atoms with Crippen LogP contribution in [0, 0.1) is 5.82 Å². The van der Waals surface area contributed by atoms with E-state index < -0.39 is 6.04 Å². The average Bonchev–Trinajstić information content (AvgIpc) is 4.05. The van der Waals surface area contributed by atoms with E-state index in [1.54, 1.807) is 20.1 Å². The smallest absolute Gasteiger partial charge is 0.151 e. The third-order valence-corrected chi connectivity index (χ3v) is 14.5. The van der Waals surface area contributed by atoms with Gasteiger partial charge >= 0.3 is 0 Å². The van der Waals surface area contributed by atoms with Crippen LogP contribution in [0.25, 0.3) is 0 Å². The van der Waals surface area contributed by atoms with Gasteiger partial charge in [0.15, 0.2) is 5.78 Å². The number of Topliss-reactive ketones (excluding diaryl/α,β-unsaturated/α-hetero) is 1. The van der Waals surface area contributed by atoms with E-state index in [0.29, 0.717) is 25.3 Å². The van der Waals surface area contributed by atoms with Gasteiger partial charge in [0.1, 0.15) is 29.0 Å². The van der Waals surface area contributed by atoms with E-state index in [1.807, 2.05) is 39.8 Å². The number of methoxy groups -OCH3 is 1. The molecule has 2 fully saturated rings. The summed E-state index contributed by atoms with van der Waals surface area (Å²) in [7, 11) is 1.72. The molecule has 8 rings (SSSR count). The molecule has 14 heteroatoms. The van der Waals surface area contributed by atoms with Gasteiger partial charge in [-0.25, -0.2) is 14.4 Å². The number of pyridine rings is 2. The van der Waals surface area contributed by atoms with Gasteiger partial charge in [0.05, 0.1) is 56.3 Å². The zero-order valence-corrected chi connectivity index (χ0v) is 45.4. The number of nitrogens with zero attached hydrogens (tertiary/aromatic N) is 4. The van der Waals surface area contributed by atoms with E-state index in [4.69, 9.17) is 33.7 Å². The summed E-state index contributed by atoms with van der Waals surface area (Å²) in [5.74, 6) is 2.81. The van der Waals surface area contributed by atoms with Crippen molar-refractivity contribution < 1.29 is 38.0 Å². The first-order chi connectivity index (χ1) is 35.8. The fourth-order valence-electron chi connectivity index (χ4n) is 10.9. The highest BCUT2D eigenvalue weighted by Crippen LogP contribution is 2.37. The number of carbonyl (C=O) groups is 1. The van der Waals surface area contributed by atoms with E-state index in [1.165, 1.54) is 29.7 Å². The first-order valence-corrected chi connectivity index (χ1v) is 27.5. The maximum Gasteiger partial charge on any atom is 0.151 e. The van der Waals surface area contributed by atoms with Crippen LogP contribution in [0.5, 0.6) is 5.75 Å². The number of halogens is 1. The maximum absolute atomic E-state index is 14.2. The van der Waals surface area contributed by atoms with Crippen LogP contribution < -0.4 is 15.4 Å². The van der Waals surface area contributed by atoms with Crippen LogP contribution in [0.1, 0.15) is 156 Å². The number of ketones is 1. The monoisotopic (exact) mass is 1020 g/mol. The van der Waals surface area contributed by atoms with Gasteiger partial charge in [-0.05, 0) is 165 Å². The Bertz CT molecular complexity index is 2420. The molecule has 2 aromatic heterocycles. The number of hydrogen-bond acceptors (Lipinski definition) is 13. The molecule has 0 radical (unpaired) electrons. The Morgan fingerprint density at radius 2 is 1.41 bits per heavy atom. The minimum atomic E-state index is -0.497. The Kier molecular flexibility index (Phi) is 21.7. The largest absolute Gasteiger partial charge is 0.511 e. The molecule has 0 saturated carbocycles. The van der Waals surface area contributed by atoms with Crippen molar-refractivity contribution >= 4 is 17.4 Å². The summed E-state index contributed by atoms with van der Waals surface area (Å²) >= 11 is 0. The fourth-order valence-corrected chi connectivity index (χ4v) is 10.9. The molecule has 3 N–H and O–H groups in total. The van der Waals surface area contributed by atoms with Gasteiger partial charge in [0.25, 0.3) is 0 Å². The number of aliphatic hydroxyl groups excluding tert-OH is 1. The van der Waals surface area contributed by atoms with Crippen molar-refractivity contribution in [2.24, 2.45) is 0 Å². The van der Waals surface area contributed by atoms with Crippen LogP contribution in [0.4, 0.5) is 16.0 Å². The number of benzene rings is 2. The highest BCUT2D eigenvalue weighted by Gasteiger charge is 2.35. The first-order valence-electron chi connectivity index (χ1n) is 27.5. The summed E-state index contributed by atoms with van der Waals surface area (Å²) in [5.41, 5.74) is 8.43. The highest BCUT2D eigenvalue weighted by atomic mass is 19.1. The molecule has 404 valence electrons. The molecule has 4 aliphatic heterocycles. The number of rotatable bonds is 25. The molecule has 2 saturated heterocycles. The normalized spacial score (nSPS) is 18.9. The van der Waals surface area contributed by atoms with E-state index in [-0.39, 0.29) is 53.9 Å². The van der Waals surface area contributed by atoms with Crippen molar-refractivity contribution in [2.45, 2.75) is 168 Å². The zero-order valence-electron chi connectivity index (χ0n) is 45.4. The molecule has 2 aromatic carbocycles. The number of nitrogens with one attached hydrogen (secondary N) is 2. The van der Waals surface area contributed by atoms with Crippen molar-refractivity contribution in [3.8, 4) is 5.75 Å². The predicted octanol–water partition coefficient (Wildman–Crippen LogP) is 11.4. The van der Waals surface area contributed by atoms with Gasteiger partial charge in [-0.3, -0.25) is 14.6 Å². The van der Waals surface area contributed by atoms with Gasteiger partial charge < -0.3 is 39.4 Å². The average molecular weight is 1020 g/mol. The summed E-state index contributed by atoms with van der Waals surface area (Å²) in [6.45, 7) is 22.4. The zero-order chi connectivity index (χ0) is 52.6. The van der Waals surface area contributed by atoms with E-state index >= 15 is 0 Å². The SMILES string of the molecule is C=C(O)[C@H](c1ccccc1[C@H](C)OC(C)C)N1CC[C@@H](OCCCCc2ccc3c(n2)NCCC3)C1.COc1cc(CCCCO[C@@H]2CCN(C(C(C)=O)c3cc(F)ccc3COC(C)C)C2)nc2c1CCCN2. The maximum atomic E-state index is 14.2. The molecule has 4 aromatic rings. The third-order valence-electron chi connectivity index (χ3n) is 14.5. The number of unbranched alkanes of at least 4 members (excludes halogenated alkanes) is 2. The topological polar surface area (TPSA) is 140 Å². The van der Waals surface area contributed by atoms with Crippen molar-refractivity contribution in [1.82, 2.24) is 19.8 Å². The molecule has 5 atom stereocenters. The number of fused-ring (bicyclic) bond motifs is 2. The number of likely N-dealkylation sites (tertiary alicyclic amines) is 2. The number of hydrogen-bond donors (Lipinski definition) is 3. The van der Waals surface area contributed by atoms with Gasteiger partial charge in [0, 0.05) is 75.5 Å². The quantitative estimate of drug-likeness (QED) is 0.0429. The van der Waals surface area contributed by atoms with E-state index in [0.717, 1.165) is 155 Å². The Balaban J connectivity index is 0.000000217. The Morgan fingerprint density at radius 1 is 0.770 bits per heavy atom. The first kappa shape index (κ1) is 56.8. The Morgan fingerprint density at radius 3 is 2.05 bits per heavy atom. The molecule has 1 unspecified atom stereocenters. The van der Waals surface area contributed by atoms with E-state index in [2.05, 4.69) is 64.3 Å². The molecule has 6 heterocycles. The van der Waals surface area contributed by atoms with Crippen LogP contribution in [0.3, 0.4) is 0 Å². The number of ether oxygens (including phenoxy) is 5. The second-order valence-electron chi connectivity index (χ2n) is 21.0. The number of anilines is 2. The molecule has 0 aliphatic carbocycles. The minimum absolute atomic E-state index is 0.00418. The summed E-state index contributed by atoms with van der Waals surface area (Å²) in [5, 5.41) is 17.4. The lowest BCUT2D eigenvalue weighted by atomic mass is 9.95. The van der Waals surface area contributed by atoms with Crippen LogP contribution >= 0.6 is 0 Å². The Hall–Kier alpha value is -4.96. The van der Waals surface area contributed by atoms with Crippen molar-refractivity contribution in [2.75, 3.05) is 70.2 Å². The summed E-state index contributed by atoms with van der Waals surface area (Å²) in [4.78, 5) is 26.8. The molecule has 0 bridgehead atoms. The number of aliphatic hydroxyl groups is 1. The number of carbonyl (C=O) groups excluding carboxylic acids is 1. The minimum Gasteiger partial charge on any atom is -0.511 e. The number of aryl methyl sites for hydroxylation is 3. The van der Waals surface area contributed by atoms with Gasteiger partial charge in [-0.15, -0.1) is 0 Å². The molecule has 13 nitrogen and oxygen atoms in total. The number of aromatic nitrogens is 2. The Labute approximate surface area is 441 Å². The molecular formula is C60H85FN6O7. The summed E-state index contributed by atoms with van der Waals surface area (Å²) in [6, 6.07) is 18.6. The molecular weight excluding hydrogens is 936 g/mol. The lowest BCUT2D eigenvalue weighted by molar-refractivity contribution is -0.122. The van der Waals surface area contributed by atoms with E-state index in [9.17, 15) is 14.3 Å². The summed E-state index contributed by atoms with van der Waals surface area (Å²) < 4.78 is 44.1. The van der Waals surface area contributed by atoms with Crippen molar-refractivity contribution in [3.05, 3.63) is 124 Å². The predicted molar refractivity (Wildman–Crippen MR) is 292 cm³/mol. The second-order valence-corrected chi connectivity index (χ2v) is 21.0. The van der Waals surface area contributed by atoms with Gasteiger partial charge in [-0.2, -0.15) is 0 Å². The standard InChI is InChI=1S/C30H42FN3O4.C30H43N3O3/c1-20(2)38-19-22-10-11-23(31)16-27(22)29(21(3)35)34-14-12-25(18-34)37-15-6-5-8-24-17-28(36-4)26-9-7-13-32-30(26)33-24;1-21(2)36-23(4)27-12-5-6-13-28(27)29(22(3)34)33-18-16-26(20-33)35-19-8-7-11-25-15-14-24-10-9-17-31-30(24)32-25/h10-11,16-17,20,25,29H,5-9,12-15,18-19H2,1-4H3,(H,32,33);5-6,12-15,21,23,26,29,34H,3,7-11,16-20H2,1-2,4H3,(H,31,32)/t25-,29?;23-,26+,29+/m10/s1. The van der Waals surface area contributed by atoms with Crippen molar-refractivity contribution in [3.63, 3.8) is 0 Å². The van der Waals surface area contributed by atoms with Crippen molar-refractivity contribution in [1.29, 1.82) is 0 Å².